The molecule has 0 fully saturated rings. The standard InChI is InChI=1S/C23H24/c1-3-19(2)23(20-13-7-4-8-14-20,21-15-9-5-10-16-21)22-17-11-6-12-18-22/h4-19H,3H2,1-2H3. The van der Waals surface area contributed by atoms with E-state index < -0.39 is 0 Å². The summed E-state index contributed by atoms with van der Waals surface area (Å²) in [7, 11) is 0. The van der Waals surface area contributed by atoms with Crippen LogP contribution in [-0.4, -0.2) is 0 Å². The van der Waals surface area contributed by atoms with Crippen LogP contribution in [0, 0.1) is 5.92 Å². The summed E-state index contributed by atoms with van der Waals surface area (Å²) < 4.78 is 0. The molecule has 0 N–H and O–H groups in total. The topological polar surface area (TPSA) is 0 Å². The van der Waals surface area contributed by atoms with Crippen LogP contribution < -0.4 is 0 Å². The molecule has 3 aromatic carbocycles. The van der Waals surface area contributed by atoms with Crippen molar-refractivity contribution >= 4 is 0 Å². The molecule has 0 aliphatic heterocycles. The van der Waals surface area contributed by atoms with E-state index in [0.717, 1.165) is 6.42 Å². The van der Waals surface area contributed by atoms with Gasteiger partial charge in [-0.25, -0.2) is 0 Å². The molecule has 0 saturated heterocycles. The van der Waals surface area contributed by atoms with Gasteiger partial charge >= 0.3 is 0 Å². The smallest absolute Gasteiger partial charge is 0.0476 e. The predicted octanol–water partition coefficient (Wildman–Crippen LogP) is 6.07. The van der Waals surface area contributed by atoms with Gasteiger partial charge in [0.25, 0.3) is 0 Å². The molecule has 0 aliphatic rings. The maximum Gasteiger partial charge on any atom is 0.0476 e. The molecule has 0 nitrogen and oxygen atoms in total. The van der Waals surface area contributed by atoms with Gasteiger partial charge in [-0.1, -0.05) is 111 Å². The fourth-order valence-corrected chi connectivity index (χ4v) is 3.76. The van der Waals surface area contributed by atoms with Crippen LogP contribution in [0.15, 0.2) is 91.0 Å². The van der Waals surface area contributed by atoms with Gasteiger partial charge in [0.1, 0.15) is 0 Å². The van der Waals surface area contributed by atoms with Crippen molar-refractivity contribution in [2.24, 2.45) is 5.92 Å². The van der Waals surface area contributed by atoms with Crippen molar-refractivity contribution in [1.29, 1.82) is 0 Å². The lowest BCUT2D eigenvalue weighted by molar-refractivity contribution is 0.392. The molecule has 116 valence electrons. The lowest BCUT2D eigenvalue weighted by Crippen LogP contribution is -2.36. The van der Waals surface area contributed by atoms with E-state index in [2.05, 4.69) is 105 Å². The maximum absolute atomic E-state index is 2.37. The third-order valence-electron chi connectivity index (χ3n) is 5.04. The van der Waals surface area contributed by atoms with Gasteiger partial charge in [0, 0.05) is 5.41 Å². The molecule has 0 saturated carbocycles. The van der Waals surface area contributed by atoms with Crippen molar-refractivity contribution in [3.63, 3.8) is 0 Å². The Morgan fingerprint density at radius 1 is 0.609 bits per heavy atom. The molecule has 0 aliphatic carbocycles. The molecule has 0 radical (unpaired) electrons. The summed E-state index contributed by atoms with van der Waals surface area (Å²) in [6, 6.07) is 32.8. The Morgan fingerprint density at radius 2 is 0.913 bits per heavy atom. The Bertz CT molecular complexity index is 617. The fourth-order valence-electron chi connectivity index (χ4n) is 3.76. The van der Waals surface area contributed by atoms with E-state index in [-0.39, 0.29) is 5.41 Å². The first kappa shape index (κ1) is 15.6. The highest BCUT2D eigenvalue weighted by molar-refractivity contribution is 5.51. The number of hydrogen-bond acceptors (Lipinski definition) is 0. The first-order valence-electron chi connectivity index (χ1n) is 8.46. The molecule has 0 heterocycles. The van der Waals surface area contributed by atoms with Gasteiger partial charge in [-0.3, -0.25) is 0 Å². The summed E-state index contributed by atoms with van der Waals surface area (Å²) in [6.45, 7) is 4.65. The Hall–Kier alpha value is -2.34. The van der Waals surface area contributed by atoms with Gasteiger partial charge in [0.15, 0.2) is 0 Å². The van der Waals surface area contributed by atoms with Crippen molar-refractivity contribution in [1.82, 2.24) is 0 Å². The van der Waals surface area contributed by atoms with Crippen LogP contribution in [0.3, 0.4) is 0 Å². The van der Waals surface area contributed by atoms with Crippen molar-refractivity contribution < 1.29 is 0 Å². The van der Waals surface area contributed by atoms with E-state index in [4.69, 9.17) is 0 Å². The highest BCUT2D eigenvalue weighted by Gasteiger charge is 2.40. The van der Waals surface area contributed by atoms with E-state index in [1.807, 2.05) is 0 Å². The van der Waals surface area contributed by atoms with Crippen LogP contribution in [-0.2, 0) is 5.41 Å². The predicted molar refractivity (Wildman–Crippen MR) is 98.7 cm³/mol. The second-order valence-electron chi connectivity index (χ2n) is 6.22. The van der Waals surface area contributed by atoms with E-state index in [9.17, 15) is 0 Å². The Balaban J connectivity index is 2.35. The average Bonchev–Trinajstić information content (AvgIpc) is 2.65. The van der Waals surface area contributed by atoms with Gasteiger partial charge in [0.2, 0.25) is 0 Å². The van der Waals surface area contributed by atoms with Crippen molar-refractivity contribution in [3.05, 3.63) is 108 Å². The first-order chi connectivity index (χ1) is 11.3. The molecular weight excluding hydrogens is 276 g/mol. The first-order valence-corrected chi connectivity index (χ1v) is 8.46. The van der Waals surface area contributed by atoms with Gasteiger partial charge in [-0.2, -0.15) is 0 Å². The second-order valence-corrected chi connectivity index (χ2v) is 6.22. The van der Waals surface area contributed by atoms with Gasteiger partial charge in [-0.05, 0) is 22.6 Å². The molecule has 0 aromatic heterocycles. The lowest BCUT2D eigenvalue weighted by atomic mass is 9.61. The third-order valence-corrected chi connectivity index (χ3v) is 5.04. The van der Waals surface area contributed by atoms with E-state index in [0.29, 0.717) is 5.92 Å². The highest BCUT2D eigenvalue weighted by atomic mass is 14.4. The van der Waals surface area contributed by atoms with Crippen molar-refractivity contribution in [2.75, 3.05) is 0 Å². The summed E-state index contributed by atoms with van der Waals surface area (Å²) >= 11 is 0. The van der Waals surface area contributed by atoms with E-state index >= 15 is 0 Å². The van der Waals surface area contributed by atoms with Crippen molar-refractivity contribution in [3.8, 4) is 0 Å². The summed E-state index contributed by atoms with van der Waals surface area (Å²) in [5, 5.41) is 0. The quantitative estimate of drug-likeness (QED) is 0.502. The van der Waals surface area contributed by atoms with Gasteiger partial charge < -0.3 is 0 Å². The summed E-state index contributed by atoms with van der Waals surface area (Å²) in [5.74, 6) is 0.495. The van der Waals surface area contributed by atoms with E-state index in [1.165, 1.54) is 16.7 Å². The zero-order valence-electron chi connectivity index (χ0n) is 13.9. The van der Waals surface area contributed by atoms with Crippen LogP contribution in [0.25, 0.3) is 0 Å². The van der Waals surface area contributed by atoms with Crippen molar-refractivity contribution in [2.45, 2.75) is 25.7 Å². The zero-order valence-corrected chi connectivity index (χ0v) is 13.9. The van der Waals surface area contributed by atoms with Crippen LogP contribution in [0.4, 0.5) is 0 Å². The van der Waals surface area contributed by atoms with Gasteiger partial charge in [0.05, 0.1) is 0 Å². The van der Waals surface area contributed by atoms with Crippen LogP contribution in [0.5, 0.6) is 0 Å². The normalized spacial score (nSPS) is 12.8. The molecular formula is C23H24. The minimum atomic E-state index is -0.113. The number of benzene rings is 3. The molecule has 0 amide bonds. The Morgan fingerprint density at radius 3 is 1.17 bits per heavy atom. The average molecular weight is 300 g/mol. The Labute approximate surface area is 139 Å². The molecule has 0 heteroatoms. The minimum Gasteiger partial charge on any atom is -0.0651 e. The second kappa shape index (κ2) is 6.83. The molecule has 0 spiro atoms. The summed E-state index contributed by atoms with van der Waals surface area (Å²) in [6.07, 6.45) is 1.12. The largest absolute Gasteiger partial charge is 0.0651 e. The fraction of sp³-hybridized carbons (Fsp3) is 0.217. The van der Waals surface area contributed by atoms with Crippen LogP contribution >= 0.6 is 0 Å². The molecule has 3 aromatic rings. The molecule has 1 unspecified atom stereocenters. The maximum atomic E-state index is 2.37. The Kier molecular flexibility index (Phi) is 4.62. The van der Waals surface area contributed by atoms with Gasteiger partial charge in [-0.15, -0.1) is 0 Å². The third kappa shape index (κ3) is 2.70. The summed E-state index contributed by atoms with van der Waals surface area (Å²) in [5.41, 5.74) is 3.99. The van der Waals surface area contributed by atoms with Crippen LogP contribution in [0.1, 0.15) is 37.0 Å². The number of hydrogen-bond donors (Lipinski definition) is 0. The van der Waals surface area contributed by atoms with Crippen LogP contribution in [0.2, 0.25) is 0 Å². The minimum absolute atomic E-state index is 0.113. The molecule has 1 atom stereocenters. The summed E-state index contributed by atoms with van der Waals surface area (Å²) in [4.78, 5) is 0. The van der Waals surface area contributed by atoms with E-state index in [1.54, 1.807) is 0 Å². The lowest BCUT2D eigenvalue weighted by Gasteiger charge is -2.41. The highest BCUT2D eigenvalue weighted by Crippen LogP contribution is 2.46. The molecule has 23 heavy (non-hydrogen) atoms. The molecule has 0 bridgehead atoms. The molecule has 3 rings (SSSR count). The zero-order chi connectivity index (χ0) is 16.1. The number of rotatable bonds is 5. The monoisotopic (exact) mass is 300 g/mol. The SMILES string of the molecule is CCC(C)C(c1ccccc1)(c1ccccc1)c1ccccc1.